The van der Waals surface area contributed by atoms with E-state index in [2.05, 4.69) is 10.6 Å². The average Bonchev–Trinajstić information content (AvgIpc) is 2.44. The van der Waals surface area contributed by atoms with Gasteiger partial charge < -0.3 is 10.6 Å². The Morgan fingerprint density at radius 1 is 1.25 bits per heavy atom. The van der Waals surface area contributed by atoms with Crippen molar-refractivity contribution in [3.8, 4) is 0 Å². The second-order valence-electron chi connectivity index (χ2n) is 4.82. The minimum absolute atomic E-state index is 0.0249. The van der Waals surface area contributed by atoms with Crippen LogP contribution in [0.1, 0.15) is 36.2 Å². The molecular weight excluding hydrogens is 259 g/mol. The molecule has 0 heterocycles. The Hall–Kier alpha value is -1.91. The van der Waals surface area contributed by atoms with E-state index in [0.717, 1.165) is 6.42 Å². The summed E-state index contributed by atoms with van der Waals surface area (Å²) in [6, 6.07) is 4.35. The summed E-state index contributed by atoms with van der Waals surface area (Å²) in [7, 11) is 0. The van der Waals surface area contributed by atoms with Gasteiger partial charge in [-0.3, -0.25) is 9.59 Å². The van der Waals surface area contributed by atoms with Crippen molar-refractivity contribution in [3.63, 3.8) is 0 Å². The van der Waals surface area contributed by atoms with Crippen LogP contribution in [-0.4, -0.2) is 24.9 Å². The molecule has 0 radical (unpaired) electrons. The predicted octanol–water partition coefficient (Wildman–Crippen LogP) is 2.03. The molecule has 4 nitrogen and oxygen atoms in total. The number of aryl methyl sites for hydroxylation is 1. The largest absolute Gasteiger partial charge is 0.354 e. The van der Waals surface area contributed by atoms with Crippen LogP contribution in [0, 0.1) is 18.7 Å². The molecular formula is C15H21FN2O2. The monoisotopic (exact) mass is 280 g/mol. The quantitative estimate of drug-likeness (QED) is 0.783. The lowest BCUT2D eigenvalue weighted by molar-refractivity contribution is -0.124. The summed E-state index contributed by atoms with van der Waals surface area (Å²) in [4.78, 5) is 23.2. The highest BCUT2D eigenvalue weighted by atomic mass is 19.1. The fourth-order valence-corrected chi connectivity index (χ4v) is 1.56. The van der Waals surface area contributed by atoms with Crippen LogP contribution in [0.5, 0.6) is 0 Å². The SMILES string of the molecule is CC[C@@H](C)C(=O)NCCNC(=O)c1ccc(C)c(F)c1. The molecule has 0 aliphatic carbocycles. The number of carbonyl (C=O) groups excluding carboxylic acids is 2. The highest BCUT2D eigenvalue weighted by Gasteiger charge is 2.10. The molecule has 0 aliphatic rings. The van der Waals surface area contributed by atoms with E-state index >= 15 is 0 Å². The molecule has 110 valence electrons. The molecule has 1 atom stereocenters. The minimum atomic E-state index is -0.400. The molecule has 1 aromatic rings. The van der Waals surface area contributed by atoms with Gasteiger partial charge in [0.1, 0.15) is 5.82 Å². The van der Waals surface area contributed by atoms with Gasteiger partial charge in [-0.15, -0.1) is 0 Å². The third-order valence-corrected chi connectivity index (χ3v) is 3.20. The van der Waals surface area contributed by atoms with E-state index in [9.17, 15) is 14.0 Å². The van der Waals surface area contributed by atoms with E-state index in [1.54, 1.807) is 19.1 Å². The Kier molecular flexibility index (Phi) is 6.15. The van der Waals surface area contributed by atoms with Crippen LogP contribution >= 0.6 is 0 Å². The lowest BCUT2D eigenvalue weighted by Crippen LogP contribution is -2.36. The fourth-order valence-electron chi connectivity index (χ4n) is 1.56. The molecule has 0 fully saturated rings. The Morgan fingerprint density at radius 2 is 1.90 bits per heavy atom. The maximum absolute atomic E-state index is 13.3. The Bertz CT molecular complexity index is 489. The molecule has 2 N–H and O–H groups in total. The number of rotatable bonds is 6. The van der Waals surface area contributed by atoms with Gasteiger partial charge in [0.05, 0.1) is 0 Å². The van der Waals surface area contributed by atoms with Crippen molar-refractivity contribution in [2.24, 2.45) is 5.92 Å². The second kappa shape index (κ2) is 7.62. The normalized spacial score (nSPS) is 11.8. The lowest BCUT2D eigenvalue weighted by atomic mass is 10.1. The van der Waals surface area contributed by atoms with E-state index in [0.29, 0.717) is 18.7 Å². The average molecular weight is 280 g/mol. The first-order valence-electron chi connectivity index (χ1n) is 6.77. The molecule has 5 heteroatoms. The molecule has 0 bridgehead atoms. The van der Waals surface area contributed by atoms with Crippen molar-refractivity contribution in [1.82, 2.24) is 10.6 Å². The van der Waals surface area contributed by atoms with Gasteiger partial charge in [0, 0.05) is 24.6 Å². The van der Waals surface area contributed by atoms with Gasteiger partial charge in [-0.25, -0.2) is 4.39 Å². The number of halogens is 1. The zero-order chi connectivity index (χ0) is 15.1. The van der Waals surface area contributed by atoms with Crippen LogP contribution in [0.15, 0.2) is 18.2 Å². The highest BCUT2D eigenvalue weighted by molar-refractivity contribution is 5.94. The maximum atomic E-state index is 13.3. The highest BCUT2D eigenvalue weighted by Crippen LogP contribution is 2.08. The topological polar surface area (TPSA) is 58.2 Å². The number of hydrogen-bond acceptors (Lipinski definition) is 2. The van der Waals surface area contributed by atoms with Crippen molar-refractivity contribution >= 4 is 11.8 Å². The first-order valence-corrected chi connectivity index (χ1v) is 6.77. The molecule has 20 heavy (non-hydrogen) atoms. The zero-order valence-electron chi connectivity index (χ0n) is 12.1. The molecule has 1 aromatic carbocycles. The summed E-state index contributed by atoms with van der Waals surface area (Å²) in [5, 5.41) is 5.37. The van der Waals surface area contributed by atoms with Gasteiger partial charge in [-0.2, -0.15) is 0 Å². The number of amides is 2. The van der Waals surface area contributed by atoms with Gasteiger partial charge in [-0.05, 0) is 31.0 Å². The third kappa shape index (κ3) is 4.64. The lowest BCUT2D eigenvalue weighted by Gasteiger charge is -2.10. The van der Waals surface area contributed by atoms with Crippen LogP contribution in [0.2, 0.25) is 0 Å². The summed E-state index contributed by atoms with van der Waals surface area (Å²) in [6.45, 7) is 6.11. The molecule has 2 amide bonds. The number of nitrogens with one attached hydrogen (secondary N) is 2. The molecule has 1 rings (SSSR count). The van der Waals surface area contributed by atoms with Crippen LogP contribution < -0.4 is 10.6 Å². The Labute approximate surface area is 118 Å². The number of hydrogen-bond donors (Lipinski definition) is 2. The van der Waals surface area contributed by atoms with E-state index in [-0.39, 0.29) is 23.3 Å². The Balaban J connectivity index is 2.37. The summed E-state index contributed by atoms with van der Waals surface area (Å²) >= 11 is 0. The van der Waals surface area contributed by atoms with Crippen molar-refractivity contribution in [2.75, 3.05) is 13.1 Å². The van der Waals surface area contributed by atoms with Gasteiger partial charge in [0.2, 0.25) is 5.91 Å². The fraction of sp³-hybridized carbons (Fsp3) is 0.467. The maximum Gasteiger partial charge on any atom is 0.251 e. The van der Waals surface area contributed by atoms with Gasteiger partial charge >= 0.3 is 0 Å². The Morgan fingerprint density at radius 3 is 2.50 bits per heavy atom. The van der Waals surface area contributed by atoms with Gasteiger partial charge in [0.15, 0.2) is 0 Å². The van der Waals surface area contributed by atoms with Gasteiger partial charge in [0.25, 0.3) is 5.91 Å². The van der Waals surface area contributed by atoms with Crippen LogP contribution in [-0.2, 0) is 4.79 Å². The minimum Gasteiger partial charge on any atom is -0.354 e. The number of benzene rings is 1. The third-order valence-electron chi connectivity index (χ3n) is 3.20. The predicted molar refractivity (Wildman–Crippen MR) is 75.9 cm³/mol. The first-order chi connectivity index (χ1) is 9.45. The zero-order valence-corrected chi connectivity index (χ0v) is 12.1. The van der Waals surface area contributed by atoms with Crippen LogP contribution in [0.25, 0.3) is 0 Å². The van der Waals surface area contributed by atoms with Crippen molar-refractivity contribution < 1.29 is 14.0 Å². The van der Waals surface area contributed by atoms with Crippen molar-refractivity contribution in [1.29, 1.82) is 0 Å². The van der Waals surface area contributed by atoms with E-state index in [4.69, 9.17) is 0 Å². The standard InChI is InChI=1S/C15H21FN2O2/c1-4-10(2)14(19)17-7-8-18-15(20)12-6-5-11(3)13(16)9-12/h5-6,9-10H,4,7-8H2,1-3H3,(H,17,19)(H,18,20)/t10-/m1/s1. The second-order valence-corrected chi connectivity index (χ2v) is 4.82. The van der Waals surface area contributed by atoms with Crippen LogP contribution in [0.4, 0.5) is 4.39 Å². The summed E-state index contributed by atoms with van der Waals surface area (Å²) in [5.74, 6) is -0.801. The molecule has 0 spiro atoms. The number of carbonyl (C=O) groups is 2. The smallest absolute Gasteiger partial charge is 0.251 e. The van der Waals surface area contributed by atoms with E-state index in [1.807, 2.05) is 13.8 Å². The van der Waals surface area contributed by atoms with Gasteiger partial charge in [-0.1, -0.05) is 19.9 Å². The van der Waals surface area contributed by atoms with E-state index in [1.165, 1.54) is 6.07 Å². The van der Waals surface area contributed by atoms with Crippen molar-refractivity contribution in [3.05, 3.63) is 35.1 Å². The molecule has 0 aliphatic heterocycles. The molecule has 0 unspecified atom stereocenters. The first kappa shape index (κ1) is 16.1. The molecule has 0 saturated heterocycles. The summed E-state index contributed by atoms with van der Waals surface area (Å²) in [6.07, 6.45) is 0.779. The summed E-state index contributed by atoms with van der Waals surface area (Å²) < 4.78 is 13.3. The van der Waals surface area contributed by atoms with E-state index < -0.39 is 5.82 Å². The molecule has 0 aromatic heterocycles. The van der Waals surface area contributed by atoms with Crippen molar-refractivity contribution in [2.45, 2.75) is 27.2 Å². The van der Waals surface area contributed by atoms with Crippen LogP contribution in [0.3, 0.4) is 0 Å². The summed E-state index contributed by atoms with van der Waals surface area (Å²) in [5.41, 5.74) is 0.781. The molecule has 0 saturated carbocycles.